The number of halogens is 1. The van der Waals surface area contributed by atoms with Crippen molar-refractivity contribution in [2.24, 2.45) is 0 Å². The number of carboxylic acid groups (broad SMARTS) is 1. The number of amides is 1. The lowest BCUT2D eigenvalue weighted by Gasteiger charge is -2.04. The topological polar surface area (TPSA) is 97.1 Å². The van der Waals surface area contributed by atoms with Gasteiger partial charge in [0, 0.05) is 16.9 Å². The number of aliphatic carboxylic acids is 1. The summed E-state index contributed by atoms with van der Waals surface area (Å²) in [6.07, 6.45) is 1.20. The fraction of sp³-hybridized carbons (Fsp3) is 0.167. The second-order valence-corrected chi connectivity index (χ2v) is 4.47. The smallest absolute Gasteiger partial charge is 0.309 e. The van der Waals surface area contributed by atoms with Crippen LogP contribution in [0.4, 0.5) is 5.69 Å². The molecule has 0 aliphatic rings. The van der Waals surface area contributed by atoms with Crippen molar-refractivity contribution in [2.75, 3.05) is 5.32 Å². The zero-order valence-corrected chi connectivity index (χ0v) is 11.0. The van der Waals surface area contributed by atoms with Gasteiger partial charge < -0.3 is 10.4 Å². The minimum atomic E-state index is -0.998. The van der Waals surface area contributed by atoms with Gasteiger partial charge in [0.2, 0.25) is 5.91 Å². The van der Waals surface area contributed by atoms with Crippen LogP contribution in [0.3, 0.4) is 0 Å². The first-order valence-electron chi connectivity index (χ1n) is 5.69. The molecule has 104 valence electrons. The van der Waals surface area contributed by atoms with Gasteiger partial charge in [-0.25, -0.2) is 4.68 Å². The Morgan fingerprint density at radius 3 is 2.65 bits per heavy atom. The van der Waals surface area contributed by atoms with Crippen LogP contribution in [0, 0.1) is 0 Å². The number of carboxylic acids is 1. The molecule has 0 aliphatic carbocycles. The molecule has 0 fully saturated rings. The molecule has 0 bridgehead atoms. The van der Waals surface area contributed by atoms with Crippen molar-refractivity contribution in [1.82, 2.24) is 15.0 Å². The normalized spacial score (nSPS) is 10.2. The number of hydrogen-bond donors (Lipinski definition) is 2. The average molecular weight is 295 g/mol. The van der Waals surface area contributed by atoms with Gasteiger partial charge >= 0.3 is 5.97 Å². The van der Waals surface area contributed by atoms with Crippen LogP contribution in [0.5, 0.6) is 0 Å². The second-order valence-electron chi connectivity index (χ2n) is 4.03. The van der Waals surface area contributed by atoms with Gasteiger partial charge in [-0.15, -0.1) is 5.10 Å². The van der Waals surface area contributed by atoms with E-state index in [0.717, 1.165) is 0 Å². The van der Waals surface area contributed by atoms with Crippen LogP contribution in [0.25, 0.3) is 0 Å². The first kappa shape index (κ1) is 14.0. The maximum atomic E-state index is 11.7. The van der Waals surface area contributed by atoms with E-state index in [0.29, 0.717) is 16.4 Å². The van der Waals surface area contributed by atoms with Crippen molar-refractivity contribution in [2.45, 2.75) is 13.0 Å². The lowest BCUT2D eigenvalue weighted by molar-refractivity contribution is -0.136. The molecule has 1 aromatic heterocycles. The van der Waals surface area contributed by atoms with Crippen molar-refractivity contribution >= 4 is 29.2 Å². The molecule has 0 saturated carbocycles. The van der Waals surface area contributed by atoms with Crippen molar-refractivity contribution in [1.29, 1.82) is 0 Å². The quantitative estimate of drug-likeness (QED) is 0.863. The van der Waals surface area contributed by atoms with E-state index in [9.17, 15) is 9.59 Å². The van der Waals surface area contributed by atoms with Crippen LogP contribution in [0.15, 0.2) is 30.5 Å². The van der Waals surface area contributed by atoms with Gasteiger partial charge in [0.1, 0.15) is 6.54 Å². The van der Waals surface area contributed by atoms with E-state index in [1.54, 1.807) is 24.3 Å². The number of benzene rings is 1. The summed E-state index contributed by atoms with van der Waals surface area (Å²) in [5, 5.41) is 19.2. The minimum absolute atomic E-state index is 0.0464. The van der Waals surface area contributed by atoms with Crippen molar-refractivity contribution in [3.63, 3.8) is 0 Å². The van der Waals surface area contributed by atoms with Gasteiger partial charge in [0.25, 0.3) is 0 Å². The molecule has 2 N–H and O–H groups in total. The summed E-state index contributed by atoms with van der Waals surface area (Å²) in [6.45, 7) is -0.0464. The number of anilines is 1. The number of aromatic nitrogens is 3. The molecular weight excluding hydrogens is 284 g/mol. The van der Waals surface area contributed by atoms with E-state index < -0.39 is 5.97 Å². The van der Waals surface area contributed by atoms with Crippen LogP contribution in [0.1, 0.15) is 5.69 Å². The highest BCUT2D eigenvalue weighted by Gasteiger charge is 2.08. The van der Waals surface area contributed by atoms with Gasteiger partial charge in [0.05, 0.1) is 12.1 Å². The fourth-order valence-corrected chi connectivity index (χ4v) is 1.66. The van der Waals surface area contributed by atoms with E-state index >= 15 is 0 Å². The van der Waals surface area contributed by atoms with E-state index in [4.69, 9.17) is 16.7 Å². The Bertz CT molecular complexity index is 624. The summed E-state index contributed by atoms with van der Waals surface area (Å²) in [4.78, 5) is 22.3. The lowest BCUT2D eigenvalue weighted by atomic mass is 10.3. The molecule has 2 rings (SSSR count). The Morgan fingerprint density at radius 2 is 2.00 bits per heavy atom. The molecule has 0 spiro atoms. The summed E-state index contributed by atoms with van der Waals surface area (Å²) in [6, 6.07) is 6.68. The van der Waals surface area contributed by atoms with E-state index in [1.807, 2.05) is 0 Å². The maximum Gasteiger partial charge on any atom is 0.309 e. The zero-order valence-electron chi connectivity index (χ0n) is 10.3. The van der Waals surface area contributed by atoms with Gasteiger partial charge in [-0.05, 0) is 24.3 Å². The third kappa shape index (κ3) is 4.06. The van der Waals surface area contributed by atoms with E-state index in [1.165, 1.54) is 10.9 Å². The molecule has 0 atom stereocenters. The average Bonchev–Trinajstić information content (AvgIpc) is 2.78. The molecular formula is C12H11ClN4O3. The van der Waals surface area contributed by atoms with E-state index in [2.05, 4.69) is 15.6 Å². The lowest BCUT2D eigenvalue weighted by Crippen LogP contribution is -2.19. The van der Waals surface area contributed by atoms with Crippen LogP contribution < -0.4 is 5.32 Å². The van der Waals surface area contributed by atoms with Crippen LogP contribution in [-0.2, 0) is 22.6 Å². The molecule has 0 radical (unpaired) electrons. The van der Waals surface area contributed by atoms with Crippen LogP contribution in [0.2, 0.25) is 5.02 Å². The Labute approximate surface area is 119 Å². The zero-order chi connectivity index (χ0) is 14.5. The number of nitrogens with zero attached hydrogens (tertiary/aromatic N) is 3. The summed E-state index contributed by atoms with van der Waals surface area (Å²) in [7, 11) is 0. The number of rotatable bonds is 5. The molecule has 2 aromatic rings. The van der Waals surface area contributed by atoms with Gasteiger partial charge in [-0.3, -0.25) is 9.59 Å². The molecule has 7 nitrogen and oxygen atoms in total. The Kier molecular flexibility index (Phi) is 4.31. The van der Waals surface area contributed by atoms with Crippen molar-refractivity contribution in [3.8, 4) is 0 Å². The first-order chi connectivity index (χ1) is 9.52. The highest BCUT2D eigenvalue weighted by molar-refractivity contribution is 6.30. The molecule has 0 saturated heterocycles. The van der Waals surface area contributed by atoms with Crippen molar-refractivity contribution in [3.05, 3.63) is 41.2 Å². The highest BCUT2D eigenvalue weighted by Crippen LogP contribution is 2.13. The summed E-state index contributed by atoms with van der Waals surface area (Å²) < 4.78 is 1.28. The monoisotopic (exact) mass is 294 g/mol. The van der Waals surface area contributed by atoms with Crippen LogP contribution >= 0.6 is 11.6 Å². The highest BCUT2D eigenvalue weighted by atomic mass is 35.5. The molecule has 1 aromatic carbocycles. The van der Waals surface area contributed by atoms with Gasteiger partial charge in [-0.2, -0.15) is 0 Å². The molecule has 1 heterocycles. The minimum Gasteiger partial charge on any atom is -0.481 e. The number of hydrogen-bond acceptors (Lipinski definition) is 4. The number of carbonyl (C=O) groups is 2. The molecule has 0 unspecified atom stereocenters. The molecule has 1 amide bonds. The molecule has 0 aliphatic heterocycles. The maximum absolute atomic E-state index is 11.7. The summed E-state index contributed by atoms with van der Waals surface area (Å²) >= 11 is 5.74. The fourth-order valence-electron chi connectivity index (χ4n) is 1.53. The predicted octanol–water partition coefficient (Wildman–Crippen LogP) is 1.20. The Hall–Kier alpha value is -2.41. The van der Waals surface area contributed by atoms with Crippen molar-refractivity contribution < 1.29 is 14.7 Å². The molecule has 8 heteroatoms. The third-order valence-electron chi connectivity index (χ3n) is 2.35. The SMILES string of the molecule is O=C(O)Cc1cn(CC(=O)Nc2ccc(Cl)cc2)nn1. The number of carbonyl (C=O) groups excluding carboxylic acids is 1. The largest absolute Gasteiger partial charge is 0.481 e. The predicted molar refractivity (Wildman–Crippen MR) is 71.4 cm³/mol. The van der Waals surface area contributed by atoms with Gasteiger partial charge in [-0.1, -0.05) is 16.8 Å². The Balaban J connectivity index is 1.92. The third-order valence-corrected chi connectivity index (χ3v) is 2.60. The van der Waals surface area contributed by atoms with Gasteiger partial charge in [0.15, 0.2) is 0 Å². The standard InChI is InChI=1S/C12H11ClN4O3/c13-8-1-3-9(4-2-8)14-11(18)7-17-6-10(15-16-17)5-12(19)20/h1-4,6H,5,7H2,(H,14,18)(H,19,20). The first-order valence-corrected chi connectivity index (χ1v) is 6.07. The van der Waals surface area contributed by atoms with Crippen LogP contribution in [-0.4, -0.2) is 32.0 Å². The second kappa shape index (κ2) is 6.16. The van der Waals surface area contributed by atoms with E-state index in [-0.39, 0.29) is 18.9 Å². The summed E-state index contributed by atoms with van der Waals surface area (Å²) in [5.74, 6) is -1.29. The Morgan fingerprint density at radius 1 is 1.30 bits per heavy atom. The summed E-state index contributed by atoms with van der Waals surface area (Å²) in [5.41, 5.74) is 0.919. The number of nitrogens with one attached hydrogen (secondary N) is 1. The molecule has 20 heavy (non-hydrogen) atoms.